The zero-order chi connectivity index (χ0) is 25.8. The van der Waals surface area contributed by atoms with Gasteiger partial charge in [-0.15, -0.1) is 4.98 Å². The molecule has 37 heavy (non-hydrogen) atoms. The van der Waals surface area contributed by atoms with Crippen molar-refractivity contribution in [3.8, 4) is 5.88 Å². The lowest BCUT2D eigenvalue weighted by Crippen LogP contribution is -2.35. The fraction of sp³-hybridized carbons (Fsp3) is 0.346. The summed E-state index contributed by atoms with van der Waals surface area (Å²) in [5, 5.41) is 11.4. The van der Waals surface area contributed by atoms with Crippen molar-refractivity contribution in [2.24, 2.45) is 5.92 Å². The smallest absolute Gasteiger partial charge is 0.464 e. The molecule has 1 aliphatic carbocycles. The average molecular weight is 523 g/mol. The molecule has 1 aromatic carbocycles. The molecule has 1 aliphatic rings. The lowest BCUT2D eigenvalue weighted by atomic mass is 9.96. The van der Waals surface area contributed by atoms with Crippen molar-refractivity contribution in [1.29, 1.82) is 0 Å². The predicted molar refractivity (Wildman–Crippen MR) is 139 cm³/mol. The van der Waals surface area contributed by atoms with Crippen molar-refractivity contribution in [3.63, 3.8) is 0 Å². The van der Waals surface area contributed by atoms with Crippen LogP contribution in [-0.4, -0.2) is 67.1 Å². The maximum atomic E-state index is 11.2. The molecule has 0 saturated heterocycles. The van der Waals surface area contributed by atoms with Crippen LogP contribution in [0.4, 0.5) is 0 Å². The second-order valence-corrected chi connectivity index (χ2v) is 9.25. The Kier molecular flexibility index (Phi) is 7.65. The average Bonchev–Trinajstić information content (AvgIpc) is 3.65. The molecule has 10 nitrogen and oxygen atoms in total. The molecule has 11 heteroatoms. The molecular weight excluding hydrogens is 494 g/mol. The van der Waals surface area contributed by atoms with Gasteiger partial charge in [0.2, 0.25) is 0 Å². The van der Waals surface area contributed by atoms with Crippen molar-refractivity contribution in [2.45, 2.75) is 37.9 Å². The minimum absolute atomic E-state index is 0.149. The van der Waals surface area contributed by atoms with Crippen LogP contribution < -0.4 is 0 Å². The molecule has 5 rings (SSSR count). The molecule has 0 aliphatic heterocycles. The molecule has 3 aromatic heterocycles. The number of aliphatic hydroxyl groups is 1. The SMILES string of the molecule is C=[O+]c1ncnc2c([C@@H]3C[C@H](COC)[C@@H](O)[C@H]3OC(=S)n3ccnc3)cn(COCc3ccccc3)c12. The number of methoxy groups -OCH3 is 1. The number of fused-ring (bicyclic) bond motifs is 1. The highest BCUT2D eigenvalue weighted by Crippen LogP contribution is 2.44. The van der Waals surface area contributed by atoms with Gasteiger partial charge < -0.3 is 23.9 Å². The van der Waals surface area contributed by atoms with E-state index < -0.39 is 12.2 Å². The molecule has 192 valence electrons. The third-order valence-corrected chi connectivity index (χ3v) is 6.94. The number of nitrogens with zero attached hydrogens (tertiary/aromatic N) is 5. The van der Waals surface area contributed by atoms with Crippen LogP contribution in [0, 0.1) is 5.92 Å². The van der Waals surface area contributed by atoms with Gasteiger partial charge in [-0.3, -0.25) is 4.57 Å². The first-order valence-electron chi connectivity index (χ1n) is 11.8. The van der Waals surface area contributed by atoms with Gasteiger partial charge in [-0.05, 0) is 24.2 Å². The molecular formula is C26H28N5O5S+. The van der Waals surface area contributed by atoms with Crippen LogP contribution in [0.2, 0.25) is 0 Å². The lowest BCUT2D eigenvalue weighted by molar-refractivity contribution is -0.358. The van der Waals surface area contributed by atoms with Gasteiger partial charge in [-0.25, -0.2) is 14.4 Å². The number of hydrogen-bond acceptors (Lipinski definition) is 8. The highest BCUT2D eigenvalue weighted by atomic mass is 32.1. The summed E-state index contributed by atoms with van der Waals surface area (Å²) in [4.78, 5) is 12.8. The highest BCUT2D eigenvalue weighted by Gasteiger charge is 2.47. The van der Waals surface area contributed by atoms with Gasteiger partial charge in [0, 0.05) is 43.1 Å². The fourth-order valence-electron chi connectivity index (χ4n) is 4.93. The number of benzene rings is 1. The number of aromatic nitrogens is 5. The van der Waals surface area contributed by atoms with Crippen molar-refractivity contribution >= 4 is 35.2 Å². The Morgan fingerprint density at radius 1 is 1.27 bits per heavy atom. The predicted octanol–water partition coefficient (Wildman–Crippen LogP) is 3.21. The van der Waals surface area contributed by atoms with Gasteiger partial charge in [0.1, 0.15) is 31.0 Å². The number of thiocarbonyl (C=S) groups is 1. The minimum atomic E-state index is -0.801. The normalized spacial score (nSPS) is 21.4. The van der Waals surface area contributed by atoms with E-state index >= 15 is 0 Å². The first kappa shape index (κ1) is 25.2. The lowest BCUT2D eigenvalue weighted by Gasteiger charge is -2.24. The second-order valence-electron chi connectivity index (χ2n) is 8.90. The molecule has 4 aromatic rings. The van der Waals surface area contributed by atoms with Crippen LogP contribution in [0.25, 0.3) is 11.0 Å². The van der Waals surface area contributed by atoms with E-state index in [1.54, 1.807) is 30.4 Å². The Bertz CT molecular complexity index is 1360. The van der Waals surface area contributed by atoms with Crippen LogP contribution >= 0.6 is 12.2 Å². The van der Waals surface area contributed by atoms with Gasteiger partial charge in [0.25, 0.3) is 12.0 Å². The van der Waals surface area contributed by atoms with E-state index in [-0.39, 0.29) is 23.7 Å². The number of imidazole rings is 1. The van der Waals surface area contributed by atoms with Crippen molar-refractivity contribution in [3.05, 3.63) is 72.7 Å². The summed E-state index contributed by atoms with van der Waals surface area (Å²) in [5.74, 6) is -0.0521. The summed E-state index contributed by atoms with van der Waals surface area (Å²) in [5.41, 5.74) is 3.26. The first-order valence-corrected chi connectivity index (χ1v) is 12.2. The van der Waals surface area contributed by atoms with Crippen LogP contribution in [0.5, 0.6) is 5.88 Å². The maximum absolute atomic E-state index is 11.2. The summed E-state index contributed by atoms with van der Waals surface area (Å²) in [7, 11) is 1.62. The quantitative estimate of drug-likeness (QED) is 0.264. The summed E-state index contributed by atoms with van der Waals surface area (Å²) in [6, 6.07) is 9.93. The van der Waals surface area contributed by atoms with Gasteiger partial charge >= 0.3 is 5.88 Å². The van der Waals surface area contributed by atoms with Crippen molar-refractivity contribution in [2.75, 3.05) is 13.7 Å². The Morgan fingerprint density at radius 2 is 2.11 bits per heavy atom. The second kappa shape index (κ2) is 11.3. The zero-order valence-corrected chi connectivity index (χ0v) is 21.2. The molecule has 0 bridgehead atoms. The van der Waals surface area contributed by atoms with Crippen LogP contribution in [0.3, 0.4) is 0 Å². The van der Waals surface area contributed by atoms with E-state index in [4.69, 9.17) is 30.9 Å². The molecule has 0 radical (unpaired) electrons. The van der Waals surface area contributed by atoms with E-state index in [9.17, 15) is 5.11 Å². The van der Waals surface area contributed by atoms with E-state index in [0.29, 0.717) is 36.5 Å². The summed E-state index contributed by atoms with van der Waals surface area (Å²) < 4.78 is 26.4. The fourth-order valence-corrected chi connectivity index (χ4v) is 5.15. The highest BCUT2D eigenvalue weighted by molar-refractivity contribution is 7.80. The van der Waals surface area contributed by atoms with Gasteiger partial charge in [-0.2, -0.15) is 0 Å². The van der Waals surface area contributed by atoms with Crippen LogP contribution in [-0.2, 0) is 32.0 Å². The number of rotatable bonds is 9. The molecule has 0 unspecified atom stereocenters. The summed E-state index contributed by atoms with van der Waals surface area (Å²) in [6.45, 7) is 4.63. The molecule has 1 fully saturated rings. The molecule has 3 heterocycles. The summed E-state index contributed by atoms with van der Waals surface area (Å²) >= 11 is 5.49. The topological polar surface area (TPSA) is 108 Å². The van der Waals surface area contributed by atoms with Crippen molar-refractivity contribution < 1.29 is 23.7 Å². The Labute approximate surface area is 219 Å². The largest absolute Gasteiger partial charge is 0.478 e. The molecule has 0 amide bonds. The molecule has 1 saturated carbocycles. The molecule has 1 N–H and O–H groups in total. The summed E-state index contributed by atoms with van der Waals surface area (Å²) in [6.07, 6.45) is 7.45. The Hall–Kier alpha value is -3.51. The van der Waals surface area contributed by atoms with Gasteiger partial charge in [0.15, 0.2) is 5.52 Å². The number of carbonyl (C=O) groups excluding carboxylic acids is 1. The number of ether oxygens (including phenoxy) is 3. The van der Waals surface area contributed by atoms with Gasteiger partial charge in [0.05, 0.1) is 19.3 Å². The standard InChI is InChI=1S/C26H28N5O5S/c1-33-13-18-10-19(24(23(18)32)36-26(37)30-9-8-27-15-30)20-11-31(16-35-12-17-6-4-3-5-7-17)22-21(20)28-14-29-25(22)34-2/h3-9,11,14-15,18-19,23-24,32H,2,10,12-13,16H2,1H3/q+1/t18-,19+,23-,24+/m1/s1. The third-order valence-electron chi connectivity index (χ3n) is 6.63. The zero-order valence-electron chi connectivity index (χ0n) is 20.3. The minimum Gasteiger partial charge on any atom is -0.464 e. The number of aliphatic hydroxyl groups excluding tert-OH is 1. The number of hydrogen-bond donors (Lipinski definition) is 1. The Morgan fingerprint density at radius 3 is 2.84 bits per heavy atom. The van der Waals surface area contributed by atoms with Crippen LogP contribution in [0.15, 0.2) is 61.6 Å². The maximum Gasteiger partial charge on any atom is 0.478 e. The first-order chi connectivity index (χ1) is 18.1. The Balaban J connectivity index is 1.49. The van der Waals surface area contributed by atoms with E-state index in [1.165, 1.54) is 6.33 Å². The van der Waals surface area contributed by atoms with Gasteiger partial charge in [-0.1, -0.05) is 30.3 Å². The third kappa shape index (κ3) is 5.16. The van der Waals surface area contributed by atoms with Crippen LogP contribution in [0.1, 0.15) is 23.5 Å². The molecule has 4 atom stereocenters. The molecule has 0 spiro atoms. The van der Waals surface area contributed by atoms with E-state index in [1.807, 2.05) is 41.1 Å². The monoisotopic (exact) mass is 522 g/mol. The van der Waals surface area contributed by atoms with E-state index in [2.05, 4.69) is 21.7 Å². The van der Waals surface area contributed by atoms with Crippen molar-refractivity contribution in [1.82, 2.24) is 24.1 Å². The van der Waals surface area contributed by atoms with E-state index in [0.717, 1.165) is 11.1 Å².